The van der Waals surface area contributed by atoms with Crippen LogP contribution in [0.1, 0.15) is 12.1 Å². The smallest absolute Gasteiger partial charge is 0.223 e. The second-order valence-electron chi connectivity index (χ2n) is 3.72. The van der Waals surface area contributed by atoms with Gasteiger partial charge < -0.3 is 9.88 Å². The average molecular weight is 210 g/mol. The standard InChI is InChI=1S/C10H14N2OS/c13-10-4-8(7-14)5-12(10)6-9-2-1-3-11-9/h1-3,8,11,14H,4-7H2. The molecule has 1 fully saturated rings. The van der Waals surface area contributed by atoms with Crippen LogP contribution in [0.2, 0.25) is 0 Å². The van der Waals surface area contributed by atoms with E-state index in [2.05, 4.69) is 17.6 Å². The molecule has 1 N–H and O–H groups in total. The number of aromatic nitrogens is 1. The summed E-state index contributed by atoms with van der Waals surface area (Å²) >= 11 is 4.22. The average Bonchev–Trinajstić information content (AvgIpc) is 2.78. The van der Waals surface area contributed by atoms with Crippen molar-refractivity contribution in [3.05, 3.63) is 24.0 Å². The van der Waals surface area contributed by atoms with Crippen molar-refractivity contribution in [2.75, 3.05) is 12.3 Å². The fourth-order valence-electron chi connectivity index (χ4n) is 1.80. The number of thiol groups is 1. The second kappa shape index (κ2) is 4.09. The van der Waals surface area contributed by atoms with Crippen molar-refractivity contribution < 1.29 is 4.79 Å². The number of hydrogen-bond acceptors (Lipinski definition) is 2. The van der Waals surface area contributed by atoms with Gasteiger partial charge in [0, 0.05) is 24.9 Å². The van der Waals surface area contributed by atoms with Gasteiger partial charge in [-0.1, -0.05) is 0 Å². The quantitative estimate of drug-likeness (QED) is 0.725. The summed E-state index contributed by atoms with van der Waals surface area (Å²) in [5.74, 6) is 1.48. The summed E-state index contributed by atoms with van der Waals surface area (Å²) in [4.78, 5) is 16.5. The molecule has 0 aromatic carbocycles. The van der Waals surface area contributed by atoms with E-state index in [0.717, 1.165) is 18.0 Å². The number of hydrogen-bond donors (Lipinski definition) is 2. The third-order valence-electron chi connectivity index (χ3n) is 2.58. The van der Waals surface area contributed by atoms with Crippen LogP contribution >= 0.6 is 12.6 Å². The van der Waals surface area contributed by atoms with E-state index in [1.54, 1.807) is 0 Å². The van der Waals surface area contributed by atoms with Crippen molar-refractivity contribution in [3.8, 4) is 0 Å². The highest BCUT2D eigenvalue weighted by Crippen LogP contribution is 2.20. The van der Waals surface area contributed by atoms with E-state index in [9.17, 15) is 4.79 Å². The number of nitrogens with zero attached hydrogens (tertiary/aromatic N) is 1. The summed E-state index contributed by atoms with van der Waals surface area (Å²) in [6, 6.07) is 3.95. The highest BCUT2D eigenvalue weighted by atomic mass is 32.1. The van der Waals surface area contributed by atoms with E-state index in [1.165, 1.54) is 0 Å². The molecule has 1 unspecified atom stereocenters. The molecule has 0 bridgehead atoms. The molecule has 0 aliphatic carbocycles. The molecule has 3 nitrogen and oxygen atoms in total. The monoisotopic (exact) mass is 210 g/mol. The van der Waals surface area contributed by atoms with Gasteiger partial charge in [-0.05, 0) is 23.8 Å². The van der Waals surface area contributed by atoms with Gasteiger partial charge in [0.05, 0.1) is 6.54 Å². The topological polar surface area (TPSA) is 36.1 Å². The Balaban J connectivity index is 1.96. The molecule has 1 aromatic heterocycles. The van der Waals surface area contributed by atoms with Crippen LogP contribution in [-0.4, -0.2) is 28.1 Å². The Morgan fingerprint density at radius 1 is 1.64 bits per heavy atom. The van der Waals surface area contributed by atoms with E-state index >= 15 is 0 Å². The van der Waals surface area contributed by atoms with Crippen LogP contribution in [0, 0.1) is 5.92 Å². The van der Waals surface area contributed by atoms with Crippen LogP contribution in [0.5, 0.6) is 0 Å². The summed E-state index contributed by atoms with van der Waals surface area (Å²) in [7, 11) is 0. The number of carbonyl (C=O) groups excluding carboxylic acids is 1. The van der Waals surface area contributed by atoms with Gasteiger partial charge in [-0.2, -0.15) is 12.6 Å². The summed E-state index contributed by atoms with van der Waals surface area (Å²) in [6.45, 7) is 1.55. The van der Waals surface area contributed by atoms with Crippen LogP contribution in [0.15, 0.2) is 18.3 Å². The number of H-pyrrole nitrogens is 1. The minimum absolute atomic E-state index is 0.249. The predicted octanol–water partition coefficient (Wildman–Crippen LogP) is 1.29. The molecule has 1 saturated heterocycles. The Hall–Kier alpha value is -0.900. The minimum Gasteiger partial charge on any atom is -0.364 e. The molecule has 2 heterocycles. The molecular formula is C10H14N2OS. The van der Waals surface area contributed by atoms with Crippen molar-refractivity contribution >= 4 is 18.5 Å². The number of nitrogens with one attached hydrogen (secondary N) is 1. The van der Waals surface area contributed by atoms with E-state index < -0.39 is 0 Å². The van der Waals surface area contributed by atoms with Gasteiger partial charge in [-0.25, -0.2) is 0 Å². The van der Waals surface area contributed by atoms with Gasteiger partial charge in [-0.15, -0.1) is 0 Å². The Labute approximate surface area is 88.9 Å². The molecule has 1 aliphatic heterocycles. The molecule has 0 saturated carbocycles. The first-order valence-electron chi connectivity index (χ1n) is 4.80. The lowest BCUT2D eigenvalue weighted by atomic mass is 10.1. The molecule has 1 atom stereocenters. The molecule has 2 rings (SSSR count). The van der Waals surface area contributed by atoms with Crippen molar-refractivity contribution in [1.82, 2.24) is 9.88 Å². The maximum absolute atomic E-state index is 11.5. The van der Waals surface area contributed by atoms with Crippen LogP contribution in [0.3, 0.4) is 0 Å². The SMILES string of the molecule is O=C1CC(CS)CN1Cc1ccc[nH]1. The number of carbonyl (C=O) groups is 1. The van der Waals surface area contributed by atoms with Crippen LogP contribution in [-0.2, 0) is 11.3 Å². The van der Waals surface area contributed by atoms with Gasteiger partial charge in [0.25, 0.3) is 0 Å². The van der Waals surface area contributed by atoms with Gasteiger partial charge in [-0.3, -0.25) is 4.79 Å². The molecule has 1 amide bonds. The van der Waals surface area contributed by atoms with Gasteiger partial charge >= 0.3 is 0 Å². The van der Waals surface area contributed by atoms with Crippen LogP contribution in [0.25, 0.3) is 0 Å². The van der Waals surface area contributed by atoms with E-state index in [4.69, 9.17) is 0 Å². The van der Waals surface area contributed by atoms with Gasteiger partial charge in [0.2, 0.25) is 5.91 Å². The molecule has 1 aromatic rings. The fourth-order valence-corrected chi connectivity index (χ4v) is 2.05. The van der Waals surface area contributed by atoms with Crippen molar-refractivity contribution in [1.29, 1.82) is 0 Å². The molecule has 4 heteroatoms. The Kier molecular flexibility index (Phi) is 2.82. The largest absolute Gasteiger partial charge is 0.364 e. The van der Waals surface area contributed by atoms with E-state index in [-0.39, 0.29) is 5.91 Å². The van der Waals surface area contributed by atoms with Crippen molar-refractivity contribution in [2.24, 2.45) is 5.92 Å². The highest BCUT2D eigenvalue weighted by molar-refractivity contribution is 7.80. The Morgan fingerprint density at radius 3 is 3.07 bits per heavy atom. The summed E-state index contributed by atoms with van der Waals surface area (Å²) in [6.07, 6.45) is 2.54. The normalized spacial score (nSPS) is 21.9. The third-order valence-corrected chi connectivity index (χ3v) is 3.09. The zero-order valence-corrected chi connectivity index (χ0v) is 8.83. The summed E-state index contributed by atoms with van der Waals surface area (Å²) in [5, 5.41) is 0. The molecule has 0 spiro atoms. The molecular weight excluding hydrogens is 196 g/mol. The maximum Gasteiger partial charge on any atom is 0.223 e. The number of amides is 1. The van der Waals surface area contributed by atoms with Crippen LogP contribution in [0.4, 0.5) is 0 Å². The Morgan fingerprint density at radius 2 is 2.50 bits per heavy atom. The first kappa shape index (κ1) is 9.65. The summed E-state index contributed by atoms with van der Waals surface area (Å²) in [5.41, 5.74) is 1.10. The lowest BCUT2D eigenvalue weighted by Gasteiger charge is -2.14. The lowest BCUT2D eigenvalue weighted by molar-refractivity contribution is -0.128. The molecule has 76 valence electrons. The Bertz CT molecular complexity index is 310. The number of aromatic amines is 1. The molecule has 1 aliphatic rings. The first-order chi connectivity index (χ1) is 6.79. The molecule has 14 heavy (non-hydrogen) atoms. The number of likely N-dealkylation sites (tertiary alicyclic amines) is 1. The minimum atomic E-state index is 0.249. The maximum atomic E-state index is 11.5. The lowest BCUT2D eigenvalue weighted by Crippen LogP contribution is -2.24. The summed E-state index contributed by atoms with van der Waals surface area (Å²) < 4.78 is 0. The van der Waals surface area contributed by atoms with E-state index in [1.807, 2.05) is 23.2 Å². The second-order valence-corrected chi connectivity index (χ2v) is 4.09. The zero-order valence-electron chi connectivity index (χ0n) is 7.94. The molecule has 0 radical (unpaired) electrons. The fraction of sp³-hybridized carbons (Fsp3) is 0.500. The predicted molar refractivity (Wildman–Crippen MR) is 58.2 cm³/mol. The van der Waals surface area contributed by atoms with Gasteiger partial charge in [0.15, 0.2) is 0 Å². The van der Waals surface area contributed by atoms with Gasteiger partial charge in [0.1, 0.15) is 0 Å². The van der Waals surface area contributed by atoms with E-state index in [0.29, 0.717) is 18.9 Å². The zero-order chi connectivity index (χ0) is 9.97. The first-order valence-corrected chi connectivity index (χ1v) is 5.43. The number of rotatable bonds is 3. The van der Waals surface area contributed by atoms with Crippen molar-refractivity contribution in [2.45, 2.75) is 13.0 Å². The van der Waals surface area contributed by atoms with Crippen molar-refractivity contribution in [3.63, 3.8) is 0 Å². The third kappa shape index (κ3) is 1.95. The van der Waals surface area contributed by atoms with Crippen LogP contribution < -0.4 is 0 Å². The highest BCUT2D eigenvalue weighted by Gasteiger charge is 2.28.